The van der Waals surface area contributed by atoms with Crippen molar-refractivity contribution in [3.8, 4) is 11.5 Å². The molecule has 4 rings (SSSR count). The number of nitrogens with two attached hydrogens (primary N) is 1. The van der Waals surface area contributed by atoms with E-state index in [9.17, 15) is 4.79 Å². The van der Waals surface area contributed by atoms with Crippen molar-refractivity contribution in [2.45, 2.75) is 0 Å². The minimum Gasteiger partial charge on any atom is -0.492 e. The third kappa shape index (κ3) is 4.81. The Balaban J connectivity index is 1.28. The molecule has 0 fully saturated rings. The predicted octanol–water partition coefficient (Wildman–Crippen LogP) is 4.83. The molecule has 0 aromatic heterocycles. The summed E-state index contributed by atoms with van der Waals surface area (Å²) >= 11 is 0. The van der Waals surface area contributed by atoms with E-state index in [1.807, 2.05) is 72.8 Å². The summed E-state index contributed by atoms with van der Waals surface area (Å²) < 4.78 is 11.6. The Labute approximate surface area is 175 Å². The summed E-state index contributed by atoms with van der Waals surface area (Å²) in [6.07, 6.45) is 0. The maximum Gasteiger partial charge on any atom is 0.315 e. The Morgan fingerprint density at radius 2 is 1.10 bits per heavy atom. The first-order valence-electron chi connectivity index (χ1n) is 9.97. The van der Waals surface area contributed by atoms with Gasteiger partial charge in [0, 0.05) is 0 Å². The lowest BCUT2D eigenvalue weighted by molar-refractivity contribution is 0.175. The molecule has 0 saturated heterocycles. The Morgan fingerprint density at radius 3 is 1.53 bits per heavy atom. The lowest BCUT2D eigenvalue weighted by Gasteiger charge is -2.20. The highest BCUT2D eigenvalue weighted by atomic mass is 16.5. The number of amides is 2. The van der Waals surface area contributed by atoms with Crippen LogP contribution in [0.15, 0.2) is 84.9 Å². The fraction of sp³-hybridized carbons (Fsp3) is 0.160. The first-order chi connectivity index (χ1) is 14.7. The third-order valence-electron chi connectivity index (χ3n) is 5.01. The molecule has 0 spiro atoms. The third-order valence-corrected chi connectivity index (χ3v) is 5.01. The molecule has 4 aromatic rings. The number of rotatable bonds is 8. The van der Waals surface area contributed by atoms with Gasteiger partial charge in [-0.25, -0.2) is 4.79 Å². The second-order valence-electron chi connectivity index (χ2n) is 7.04. The van der Waals surface area contributed by atoms with Gasteiger partial charge in [0.05, 0.1) is 13.1 Å². The molecule has 0 heterocycles. The minimum atomic E-state index is -0.487. The summed E-state index contributed by atoms with van der Waals surface area (Å²) in [7, 11) is 0. The van der Waals surface area contributed by atoms with Gasteiger partial charge in [0.2, 0.25) is 0 Å². The first-order valence-corrected chi connectivity index (χ1v) is 9.97. The molecule has 5 nitrogen and oxygen atoms in total. The monoisotopic (exact) mass is 400 g/mol. The topological polar surface area (TPSA) is 64.8 Å². The number of primary amides is 1. The Bertz CT molecular complexity index is 1070. The zero-order valence-electron chi connectivity index (χ0n) is 16.7. The summed E-state index contributed by atoms with van der Waals surface area (Å²) in [5.74, 6) is 1.54. The van der Waals surface area contributed by atoms with Crippen LogP contribution in [0, 0.1) is 0 Å². The Hall–Kier alpha value is -3.73. The van der Waals surface area contributed by atoms with Gasteiger partial charge in [-0.3, -0.25) is 0 Å². The maximum atomic E-state index is 11.8. The number of hydrogen-bond donors (Lipinski definition) is 1. The maximum absolute atomic E-state index is 11.8. The van der Waals surface area contributed by atoms with E-state index in [1.54, 1.807) is 0 Å². The predicted molar refractivity (Wildman–Crippen MR) is 120 cm³/mol. The van der Waals surface area contributed by atoms with Crippen LogP contribution in [0.5, 0.6) is 11.5 Å². The Morgan fingerprint density at radius 1 is 0.667 bits per heavy atom. The fourth-order valence-corrected chi connectivity index (χ4v) is 3.39. The van der Waals surface area contributed by atoms with E-state index in [0.717, 1.165) is 33.0 Å². The number of nitrogens with zero attached hydrogens (tertiary/aromatic N) is 1. The van der Waals surface area contributed by atoms with Gasteiger partial charge in [0.1, 0.15) is 24.7 Å². The van der Waals surface area contributed by atoms with Gasteiger partial charge < -0.3 is 20.1 Å². The van der Waals surface area contributed by atoms with Crippen molar-refractivity contribution in [1.29, 1.82) is 0 Å². The fourth-order valence-electron chi connectivity index (χ4n) is 3.39. The van der Waals surface area contributed by atoms with Gasteiger partial charge in [-0.05, 0) is 45.8 Å². The van der Waals surface area contributed by atoms with Crippen LogP contribution in [-0.4, -0.2) is 37.2 Å². The minimum absolute atomic E-state index is 0.358. The van der Waals surface area contributed by atoms with Crippen molar-refractivity contribution in [3.63, 3.8) is 0 Å². The van der Waals surface area contributed by atoms with Crippen LogP contribution in [0.2, 0.25) is 0 Å². The number of ether oxygens (including phenoxy) is 2. The summed E-state index contributed by atoms with van der Waals surface area (Å²) in [5, 5.41) is 4.56. The van der Waals surface area contributed by atoms with Crippen molar-refractivity contribution in [1.82, 2.24) is 4.90 Å². The lowest BCUT2D eigenvalue weighted by Crippen LogP contribution is -2.41. The van der Waals surface area contributed by atoms with Gasteiger partial charge in [-0.1, -0.05) is 60.7 Å². The first kappa shape index (κ1) is 19.6. The standard InChI is InChI=1S/C25H24N2O3/c26-25(28)27(13-15-29-23-11-9-19-5-1-3-7-21(19)17-23)14-16-30-24-12-10-20-6-2-4-8-22(20)18-24/h1-12,17-18H,13-16H2,(H2,26,28). The molecule has 2 N–H and O–H groups in total. The molecular weight excluding hydrogens is 376 g/mol. The van der Waals surface area contributed by atoms with Crippen LogP contribution in [0.25, 0.3) is 21.5 Å². The zero-order chi connectivity index (χ0) is 20.8. The van der Waals surface area contributed by atoms with Crippen molar-refractivity contribution >= 4 is 27.6 Å². The van der Waals surface area contributed by atoms with Gasteiger partial charge in [0.15, 0.2) is 0 Å². The number of carbonyl (C=O) groups excluding carboxylic acids is 1. The molecule has 30 heavy (non-hydrogen) atoms. The van der Waals surface area contributed by atoms with Crippen molar-refractivity contribution < 1.29 is 14.3 Å². The molecule has 0 unspecified atom stereocenters. The molecule has 4 aromatic carbocycles. The highest BCUT2D eigenvalue weighted by Gasteiger charge is 2.10. The van der Waals surface area contributed by atoms with Crippen LogP contribution < -0.4 is 15.2 Å². The van der Waals surface area contributed by atoms with Crippen molar-refractivity contribution in [3.05, 3.63) is 84.9 Å². The normalized spacial score (nSPS) is 10.8. The van der Waals surface area contributed by atoms with E-state index in [4.69, 9.17) is 15.2 Å². The molecule has 0 bridgehead atoms. The Kier molecular flexibility index (Phi) is 5.99. The molecule has 0 aliphatic rings. The number of carbonyl (C=O) groups is 1. The highest BCUT2D eigenvalue weighted by molar-refractivity contribution is 5.84. The van der Waals surface area contributed by atoms with Crippen LogP contribution in [0.4, 0.5) is 4.79 Å². The summed E-state index contributed by atoms with van der Waals surface area (Å²) in [6.45, 7) is 1.50. The van der Waals surface area contributed by atoms with E-state index >= 15 is 0 Å². The van der Waals surface area contributed by atoms with Crippen molar-refractivity contribution in [2.24, 2.45) is 5.73 Å². The van der Waals surface area contributed by atoms with Gasteiger partial charge in [0.25, 0.3) is 0 Å². The van der Waals surface area contributed by atoms with Crippen LogP contribution in [0.3, 0.4) is 0 Å². The molecule has 0 aliphatic carbocycles. The van der Waals surface area contributed by atoms with E-state index in [0.29, 0.717) is 26.3 Å². The number of hydrogen-bond acceptors (Lipinski definition) is 3. The van der Waals surface area contributed by atoms with Crippen LogP contribution in [-0.2, 0) is 0 Å². The van der Waals surface area contributed by atoms with Crippen molar-refractivity contribution in [2.75, 3.05) is 26.3 Å². The average molecular weight is 400 g/mol. The summed E-state index contributed by atoms with van der Waals surface area (Å²) in [5.41, 5.74) is 5.52. The molecular formula is C25H24N2O3. The molecule has 2 amide bonds. The van der Waals surface area contributed by atoms with E-state index in [1.165, 1.54) is 4.90 Å². The quantitative estimate of drug-likeness (QED) is 0.461. The average Bonchev–Trinajstić information content (AvgIpc) is 2.77. The SMILES string of the molecule is NC(=O)N(CCOc1ccc2ccccc2c1)CCOc1ccc2ccccc2c1. The number of urea groups is 1. The van der Waals surface area contributed by atoms with Gasteiger partial charge in [-0.2, -0.15) is 0 Å². The number of benzene rings is 4. The van der Waals surface area contributed by atoms with E-state index in [-0.39, 0.29) is 0 Å². The van der Waals surface area contributed by atoms with Gasteiger partial charge >= 0.3 is 6.03 Å². The van der Waals surface area contributed by atoms with Crippen LogP contribution in [0.1, 0.15) is 0 Å². The van der Waals surface area contributed by atoms with E-state index < -0.39 is 6.03 Å². The lowest BCUT2D eigenvalue weighted by atomic mass is 10.1. The van der Waals surface area contributed by atoms with Gasteiger partial charge in [-0.15, -0.1) is 0 Å². The molecule has 0 radical (unpaired) electrons. The molecule has 0 saturated carbocycles. The van der Waals surface area contributed by atoms with Crippen LogP contribution >= 0.6 is 0 Å². The van der Waals surface area contributed by atoms with E-state index in [2.05, 4.69) is 12.1 Å². The molecule has 0 aliphatic heterocycles. The second-order valence-corrected chi connectivity index (χ2v) is 7.04. The number of fused-ring (bicyclic) bond motifs is 2. The molecule has 152 valence electrons. The molecule has 0 atom stereocenters. The summed E-state index contributed by atoms with van der Waals surface area (Å²) in [4.78, 5) is 13.3. The zero-order valence-corrected chi connectivity index (χ0v) is 16.7. The second kappa shape index (κ2) is 9.18. The highest BCUT2D eigenvalue weighted by Crippen LogP contribution is 2.21. The molecule has 5 heteroatoms. The smallest absolute Gasteiger partial charge is 0.315 e. The summed E-state index contributed by atoms with van der Waals surface area (Å²) in [6, 6.07) is 27.6. The largest absolute Gasteiger partial charge is 0.492 e.